The van der Waals surface area contributed by atoms with E-state index in [4.69, 9.17) is 0 Å². The maximum absolute atomic E-state index is 13.4. The molecule has 2 fully saturated rings. The number of aromatic nitrogens is 2. The predicted octanol–water partition coefficient (Wildman–Crippen LogP) is 2.24. The monoisotopic (exact) mass is 675 g/mol. The number of hydrogen-bond acceptors (Lipinski definition) is 11. The first-order chi connectivity index (χ1) is 20.4. The Labute approximate surface area is 250 Å². The van der Waals surface area contributed by atoms with E-state index in [0.29, 0.717) is 30.7 Å². The van der Waals surface area contributed by atoms with Crippen LogP contribution in [-0.4, -0.2) is 107 Å². The summed E-state index contributed by atoms with van der Waals surface area (Å²) in [5, 5.41) is 23.2. The third-order valence-electron chi connectivity index (χ3n) is 7.37. The Morgan fingerprint density at radius 3 is 2.30 bits per heavy atom. The van der Waals surface area contributed by atoms with Crippen LogP contribution in [0, 0.1) is 10.1 Å². The molecule has 0 radical (unpaired) electrons. The van der Waals surface area contributed by atoms with Crippen molar-refractivity contribution in [3.63, 3.8) is 0 Å². The number of rotatable bonds is 9. The lowest BCUT2D eigenvalue weighted by Crippen LogP contribution is -2.63. The van der Waals surface area contributed by atoms with Crippen molar-refractivity contribution in [2.24, 2.45) is 0 Å². The van der Waals surface area contributed by atoms with Gasteiger partial charge in [-0.05, 0) is 23.8 Å². The van der Waals surface area contributed by atoms with Crippen LogP contribution in [0.2, 0.25) is 0 Å². The molecule has 2 N–H and O–H groups in total. The molecular weight excluding hydrogens is 648 g/mol. The summed E-state index contributed by atoms with van der Waals surface area (Å²) in [5.74, 6) is -0.585. The maximum atomic E-state index is 13.4. The number of nitrogens with one attached hydrogen (secondary N) is 1. The zero-order valence-electron chi connectivity index (χ0n) is 22.9. The van der Waals surface area contributed by atoms with Gasteiger partial charge in [-0.2, -0.15) is 30.6 Å². The van der Waals surface area contributed by atoms with E-state index < -0.39 is 55.5 Å². The number of amides is 1. The molecule has 0 aromatic carbocycles. The average molecular weight is 676 g/mol. The van der Waals surface area contributed by atoms with Gasteiger partial charge in [0.1, 0.15) is 4.21 Å². The Hall–Kier alpha value is -3.14. The van der Waals surface area contributed by atoms with Crippen LogP contribution in [0.15, 0.2) is 28.7 Å². The Morgan fingerprint density at radius 1 is 1.11 bits per heavy atom. The fraction of sp³-hybridized carbons (Fsp3) is 0.609. The van der Waals surface area contributed by atoms with Crippen molar-refractivity contribution in [1.82, 2.24) is 24.5 Å². The number of alkyl halides is 6. The van der Waals surface area contributed by atoms with Gasteiger partial charge in [0.2, 0.25) is 11.9 Å². The summed E-state index contributed by atoms with van der Waals surface area (Å²) < 4.78 is 108. The first kappa shape index (κ1) is 33.7. The summed E-state index contributed by atoms with van der Waals surface area (Å²) in [4.78, 5) is 33.5. The topological polar surface area (TPSA) is 162 Å². The van der Waals surface area contributed by atoms with Crippen LogP contribution in [0.25, 0.3) is 0 Å². The SMILES string of the molecule is CCCC1C(=O)NCCN1C[C@H]1CN(S(=O)(=O)c2ccc([N+](=O)[O-])s2)CCN1c1ncc(C(O)(C(F)(F)F)C(F)(F)F)cn1. The lowest BCUT2D eigenvalue weighted by atomic mass is 9.95. The number of nitro groups is 1. The van der Waals surface area contributed by atoms with Crippen molar-refractivity contribution >= 4 is 38.2 Å². The molecule has 1 amide bonds. The van der Waals surface area contributed by atoms with Crippen molar-refractivity contribution in [2.75, 3.05) is 44.2 Å². The van der Waals surface area contributed by atoms with Crippen molar-refractivity contribution in [3.8, 4) is 0 Å². The zero-order chi connectivity index (χ0) is 32.7. The largest absolute Gasteiger partial charge is 0.430 e. The van der Waals surface area contributed by atoms with Crippen LogP contribution >= 0.6 is 11.3 Å². The molecule has 2 atom stereocenters. The van der Waals surface area contributed by atoms with Gasteiger partial charge in [0, 0.05) is 63.3 Å². The van der Waals surface area contributed by atoms with Crippen LogP contribution in [0.4, 0.5) is 37.3 Å². The second kappa shape index (κ2) is 12.3. The third-order valence-corrected chi connectivity index (χ3v) is 10.7. The smallest absolute Gasteiger partial charge is 0.369 e. The minimum absolute atomic E-state index is 0.0366. The van der Waals surface area contributed by atoms with E-state index in [1.54, 1.807) is 4.90 Å². The number of sulfonamides is 1. The molecular formula is C23H27F6N7O6S2. The molecule has 2 saturated heterocycles. The molecule has 4 rings (SSSR count). The molecule has 0 bridgehead atoms. The predicted molar refractivity (Wildman–Crippen MR) is 142 cm³/mol. The van der Waals surface area contributed by atoms with Gasteiger partial charge in [0.05, 0.1) is 17.0 Å². The van der Waals surface area contributed by atoms with E-state index in [2.05, 4.69) is 15.3 Å². The standard InChI is InChI=1S/C23H27F6N7O6S2/c1-2-3-16-19(37)30-6-7-33(16)12-15-13-34(44(41,42)18-5-4-17(43-18)36(39)40)8-9-35(15)20-31-10-14(11-32-20)21(38,22(24,25)26)23(27,28)29/h4-5,10-11,15-16,38H,2-3,6-9,12-13H2,1H3,(H,30,37)/t15-,16?/m0/s1. The van der Waals surface area contributed by atoms with E-state index in [-0.39, 0.29) is 61.2 Å². The number of carbonyl (C=O) groups excluding carboxylic acids is 1. The molecule has 0 saturated carbocycles. The Bertz CT molecular complexity index is 1460. The quantitative estimate of drug-likeness (QED) is 0.229. The fourth-order valence-corrected chi connectivity index (χ4v) is 7.85. The summed E-state index contributed by atoms with van der Waals surface area (Å²) in [6.07, 6.45) is -10.8. The second-order valence-electron chi connectivity index (χ2n) is 10.1. The summed E-state index contributed by atoms with van der Waals surface area (Å²) in [6, 6.07) is 0.703. The third kappa shape index (κ3) is 6.32. The molecule has 0 spiro atoms. The summed E-state index contributed by atoms with van der Waals surface area (Å²) >= 11 is 0.453. The Balaban J connectivity index is 1.68. The van der Waals surface area contributed by atoms with E-state index in [1.165, 1.54) is 4.90 Å². The first-order valence-electron chi connectivity index (χ1n) is 13.1. The molecule has 2 aromatic rings. The normalized spacial score (nSPS) is 21.4. The average Bonchev–Trinajstić information content (AvgIpc) is 3.45. The van der Waals surface area contributed by atoms with Gasteiger partial charge in [-0.1, -0.05) is 13.3 Å². The van der Waals surface area contributed by atoms with Gasteiger partial charge >= 0.3 is 17.4 Å². The molecule has 13 nitrogen and oxygen atoms in total. The van der Waals surface area contributed by atoms with Crippen molar-refractivity contribution < 1.29 is 49.6 Å². The number of carbonyl (C=O) groups is 1. The number of halogens is 6. The maximum Gasteiger partial charge on any atom is 0.430 e. The van der Waals surface area contributed by atoms with Crippen LogP contribution in [0.3, 0.4) is 0 Å². The van der Waals surface area contributed by atoms with E-state index in [1.807, 2.05) is 6.92 Å². The van der Waals surface area contributed by atoms with Crippen LogP contribution < -0.4 is 10.2 Å². The molecule has 0 aliphatic carbocycles. The number of nitrogens with zero attached hydrogens (tertiary/aromatic N) is 6. The Kier molecular flexibility index (Phi) is 9.46. The van der Waals surface area contributed by atoms with Crippen LogP contribution in [0.5, 0.6) is 0 Å². The molecule has 44 heavy (non-hydrogen) atoms. The highest BCUT2D eigenvalue weighted by Crippen LogP contribution is 2.49. The second-order valence-corrected chi connectivity index (χ2v) is 13.4. The summed E-state index contributed by atoms with van der Waals surface area (Å²) in [5.41, 5.74) is -6.89. The van der Waals surface area contributed by atoms with Gasteiger partial charge in [-0.15, -0.1) is 0 Å². The summed E-state index contributed by atoms with van der Waals surface area (Å²) in [7, 11) is -4.25. The highest BCUT2D eigenvalue weighted by atomic mass is 32.2. The highest BCUT2D eigenvalue weighted by Gasteiger charge is 2.71. The number of piperazine rings is 2. The van der Waals surface area contributed by atoms with Crippen molar-refractivity contribution in [2.45, 2.75) is 54.0 Å². The summed E-state index contributed by atoms with van der Waals surface area (Å²) in [6.45, 7) is 1.88. The Morgan fingerprint density at radius 2 is 1.75 bits per heavy atom. The van der Waals surface area contributed by atoms with Gasteiger partial charge in [-0.25, -0.2) is 18.4 Å². The molecule has 244 valence electrons. The zero-order valence-corrected chi connectivity index (χ0v) is 24.5. The number of aliphatic hydroxyl groups is 1. The molecule has 4 heterocycles. The molecule has 1 unspecified atom stereocenters. The van der Waals surface area contributed by atoms with Crippen LogP contribution in [-0.2, 0) is 20.4 Å². The number of thiophene rings is 1. The molecule has 2 aliphatic heterocycles. The highest BCUT2D eigenvalue weighted by molar-refractivity contribution is 7.91. The number of hydrogen-bond donors (Lipinski definition) is 2. The van der Waals surface area contributed by atoms with E-state index in [9.17, 15) is 54.8 Å². The first-order valence-corrected chi connectivity index (χ1v) is 15.4. The number of anilines is 1. The molecule has 21 heteroatoms. The molecule has 2 aromatic heterocycles. The fourth-order valence-electron chi connectivity index (χ4n) is 5.12. The van der Waals surface area contributed by atoms with E-state index >= 15 is 0 Å². The van der Waals surface area contributed by atoms with Gasteiger partial charge in [0.25, 0.3) is 15.6 Å². The lowest BCUT2D eigenvalue weighted by Gasteiger charge is -2.44. The van der Waals surface area contributed by atoms with Crippen molar-refractivity contribution in [1.29, 1.82) is 0 Å². The van der Waals surface area contributed by atoms with Crippen LogP contribution in [0.1, 0.15) is 25.3 Å². The minimum atomic E-state index is -6.14. The van der Waals surface area contributed by atoms with Gasteiger partial charge < -0.3 is 15.3 Å². The minimum Gasteiger partial charge on any atom is -0.369 e. The van der Waals surface area contributed by atoms with Gasteiger partial charge in [-0.3, -0.25) is 19.8 Å². The van der Waals surface area contributed by atoms with Crippen molar-refractivity contribution in [3.05, 3.63) is 40.2 Å². The lowest BCUT2D eigenvalue weighted by molar-refractivity contribution is -0.380. The van der Waals surface area contributed by atoms with E-state index in [0.717, 1.165) is 16.4 Å². The molecule has 2 aliphatic rings. The van der Waals surface area contributed by atoms with Gasteiger partial charge in [0.15, 0.2) is 0 Å².